The Hall–Kier alpha value is -4.89. The number of fused-ring (bicyclic) bond motifs is 1. The highest BCUT2D eigenvalue weighted by Gasteiger charge is 2.31. The van der Waals surface area contributed by atoms with Crippen LogP contribution < -0.4 is 5.56 Å². The molecule has 0 aliphatic heterocycles. The zero-order valence-corrected chi connectivity index (χ0v) is 21.9. The van der Waals surface area contributed by atoms with Gasteiger partial charge in [-0.25, -0.2) is 9.07 Å². The minimum absolute atomic E-state index is 0.237. The summed E-state index contributed by atoms with van der Waals surface area (Å²) in [6, 6.07) is 27.1. The van der Waals surface area contributed by atoms with Gasteiger partial charge in [0.2, 0.25) is 0 Å². The molecule has 3 aromatic carbocycles. The third-order valence-electron chi connectivity index (χ3n) is 6.91. The number of benzene rings is 3. The summed E-state index contributed by atoms with van der Waals surface area (Å²) in [6.07, 6.45) is 1.62. The highest BCUT2D eigenvalue weighted by molar-refractivity contribution is 5.79. The lowest BCUT2D eigenvalue weighted by atomic mass is 10.0. The standard InChI is InChI=1S/C31H27FN6O2/c1-21-9-14-28-24(16-21)17-27(31(39)33-28)29(30-34-35-36-38(30)19-22-6-3-2-4-7-22)37(20-26-8-5-15-40-26)18-23-10-12-25(32)13-11-23/h2-17,29H,18-20H2,1H3,(H,33,39)/t29-/m1/s1. The van der Waals surface area contributed by atoms with Crippen LogP contribution in [0.5, 0.6) is 0 Å². The van der Waals surface area contributed by atoms with E-state index in [1.165, 1.54) is 12.1 Å². The SMILES string of the molecule is Cc1ccc2[nH]c(=O)c([C@H](c3nnnn3Cc3ccccc3)N(Cc3ccc(F)cc3)Cc3ccco3)cc2c1. The Bertz CT molecular complexity index is 1780. The normalized spacial score (nSPS) is 12.3. The zero-order chi connectivity index (χ0) is 27.5. The van der Waals surface area contributed by atoms with Gasteiger partial charge in [0, 0.05) is 17.6 Å². The molecule has 0 unspecified atom stereocenters. The van der Waals surface area contributed by atoms with E-state index in [1.807, 2.05) is 73.7 Å². The monoisotopic (exact) mass is 534 g/mol. The van der Waals surface area contributed by atoms with Gasteiger partial charge in [0.15, 0.2) is 5.82 Å². The first-order valence-electron chi connectivity index (χ1n) is 13.0. The van der Waals surface area contributed by atoms with E-state index in [1.54, 1.807) is 23.1 Å². The van der Waals surface area contributed by atoms with E-state index >= 15 is 0 Å². The van der Waals surface area contributed by atoms with Crippen LogP contribution in [-0.4, -0.2) is 30.1 Å². The largest absolute Gasteiger partial charge is 0.468 e. The van der Waals surface area contributed by atoms with Gasteiger partial charge in [0.25, 0.3) is 5.56 Å². The Morgan fingerprint density at radius 1 is 0.950 bits per heavy atom. The molecular weight excluding hydrogens is 507 g/mol. The molecule has 0 spiro atoms. The van der Waals surface area contributed by atoms with Gasteiger partial charge in [-0.15, -0.1) is 5.10 Å². The van der Waals surface area contributed by atoms with Crippen LogP contribution in [-0.2, 0) is 19.6 Å². The van der Waals surface area contributed by atoms with Gasteiger partial charge in [-0.2, -0.15) is 0 Å². The molecule has 1 N–H and O–H groups in total. The van der Waals surface area contributed by atoms with Gasteiger partial charge in [-0.3, -0.25) is 9.69 Å². The number of pyridine rings is 1. The second-order valence-electron chi connectivity index (χ2n) is 9.84. The third-order valence-corrected chi connectivity index (χ3v) is 6.91. The van der Waals surface area contributed by atoms with E-state index in [0.717, 1.165) is 27.6 Å². The van der Waals surface area contributed by atoms with Crippen molar-refractivity contribution >= 4 is 10.9 Å². The summed E-state index contributed by atoms with van der Waals surface area (Å²) >= 11 is 0. The lowest BCUT2D eigenvalue weighted by Gasteiger charge is -2.30. The van der Waals surface area contributed by atoms with Crippen molar-refractivity contribution in [2.45, 2.75) is 32.6 Å². The lowest BCUT2D eigenvalue weighted by molar-refractivity contribution is 0.179. The number of furan rings is 1. The van der Waals surface area contributed by atoms with E-state index in [2.05, 4.69) is 25.4 Å². The van der Waals surface area contributed by atoms with E-state index in [-0.39, 0.29) is 11.4 Å². The van der Waals surface area contributed by atoms with E-state index < -0.39 is 6.04 Å². The van der Waals surface area contributed by atoms with Crippen LogP contribution in [0.4, 0.5) is 4.39 Å². The maximum Gasteiger partial charge on any atom is 0.253 e. The van der Waals surface area contributed by atoms with Crippen molar-refractivity contribution in [1.29, 1.82) is 0 Å². The predicted molar refractivity (Wildman–Crippen MR) is 149 cm³/mol. The molecule has 9 heteroatoms. The molecule has 8 nitrogen and oxygen atoms in total. The molecule has 0 amide bonds. The van der Waals surface area contributed by atoms with E-state index in [9.17, 15) is 9.18 Å². The lowest BCUT2D eigenvalue weighted by Crippen LogP contribution is -2.34. The molecule has 0 radical (unpaired) electrons. The van der Waals surface area contributed by atoms with Gasteiger partial charge >= 0.3 is 0 Å². The molecule has 200 valence electrons. The van der Waals surface area contributed by atoms with E-state index in [0.29, 0.717) is 36.8 Å². The van der Waals surface area contributed by atoms with Crippen LogP contribution in [0.15, 0.2) is 106 Å². The Morgan fingerprint density at radius 3 is 2.55 bits per heavy atom. The number of aromatic amines is 1. The number of aryl methyl sites for hydroxylation is 1. The van der Waals surface area contributed by atoms with Crippen LogP contribution >= 0.6 is 0 Å². The summed E-state index contributed by atoms with van der Waals surface area (Å²) in [6.45, 7) is 3.18. The molecule has 0 aliphatic carbocycles. The smallest absolute Gasteiger partial charge is 0.253 e. The molecule has 0 aliphatic rings. The molecule has 0 saturated heterocycles. The summed E-state index contributed by atoms with van der Waals surface area (Å²) in [4.78, 5) is 18.8. The molecule has 0 saturated carbocycles. The van der Waals surface area contributed by atoms with Crippen LogP contribution in [0.2, 0.25) is 0 Å². The number of halogens is 1. The second kappa shape index (κ2) is 11.1. The van der Waals surface area contributed by atoms with Crippen molar-refractivity contribution in [3.05, 3.63) is 147 Å². The number of hydrogen-bond acceptors (Lipinski definition) is 6. The zero-order valence-electron chi connectivity index (χ0n) is 21.9. The molecule has 0 fully saturated rings. The average molecular weight is 535 g/mol. The van der Waals surface area contributed by atoms with Crippen LogP contribution in [0, 0.1) is 12.7 Å². The number of tetrazole rings is 1. The van der Waals surface area contributed by atoms with Gasteiger partial charge in [0.1, 0.15) is 17.6 Å². The fourth-order valence-electron chi connectivity index (χ4n) is 4.99. The van der Waals surface area contributed by atoms with Gasteiger partial charge in [0.05, 0.1) is 19.4 Å². The van der Waals surface area contributed by atoms with Crippen LogP contribution in [0.25, 0.3) is 10.9 Å². The van der Waals surface area contributed by atoms with Crippen LogP contribution in [0.3, 0.4) is 0 Å². The Labute approximate surface area is 229 Å². The third kappa shape index (κ3) is 5.45. The van der Waals surface area contributed by atoms with Crippen molar-refractivity contribution in [3.8, 4) is 0 Å². The van der Waals surface area contributed by atoms with E-state index in [4.69, 9.17) is 4.42 Å². The molecule has 6 rings (SSSR count). The minimum atomic E-state index is -0.650. The number of nitrogens with one attached hydrogen (secondary N) is 1. The van der Waals surface area contributed by atoms with Crippen LogP contribution in [0.1, 0.15) is 39.9 Å². The van der Waals surface area contributed by atoms with Crippen molar-refractivity contribution in [3.63, 3.8) is 0 Å². The topological polar surface area (TPSA) is 92.8 Å². The first-order chi connectivity index (χ1) is 19.5. The average Bonchev–Trinajstić information content (AvgIpc) is 3.64. The Kier molecular flexibility index (Phi) is 7.03. The summed E-state index contributed by atoms with van der Waals surface area (Å²) < 4.78 is 21.2. The molecule has 3 heterocycles. The van der Waals surface area contributed by atoms with Crippen molar-refractivity contribution in [1.82, 2.24) is 30.1 Å². The molecular formula is C31H27FN6O2. The number of rotatable bonds is 9. The molecule has 0 bridgehead atoms. The Morgan fingerprint density at radius 2 is 1.77 bits per heavy atom. The summed E-state index contributed by atoms with van der Waals surface area (Å²) in [5, 5.41) is 13.7. The van der Waals surface area contributed by atoms with Gasteiger partial charge in [-0.05, 0) is 76.3 Å². The number of H-pyrrole nitrogens is 1. The number of nitrogens with zero attached hydrogens (tertiary/aromatic N) is 5. The van der Waals surface area contributed by atoms with Crippen molar-refractivity contribution in [2.24, 2.45) is 0 Å². The quantitative estimate of drug-likeness (QED) is 0.267. The highest BCUT2D eigenvalue weighted by Crippen LogP contribution is 2.30. The maximum absolute atomic E-state index is 13.8. The fourth-order valence-corrected chi connectivity index (χ4v) is 4.99. The molecule has 1 atom stereocenters. The highest BCUT2D eigenvalue weighted by atomic mass is 19.1. The first-order valence-corrected chi connectivity index (χ1v) is 13.0. The fraction of sp³-hybridized carbons (Fsp3) is 0.161. The van der Waals surface area contributed by atoms with Gasteiger partial charge in [-0.1, -0.05) is 54.1 Å². The summed E-state index contributed by atoms with van der Waals surface area (Å²) in [7, 11) is 0. The number of hydrogen-bond donors (Lipinski definition) is 1. The summed E-state index contributed by atoms with van der Waals surface area (Å²) in [5.74, 6) is 0.906. The first kappa shape index (κ1) is 25.4. The predicted octanol–water partition coefficient (Wildman–Crippen LogP) is 5.40. The summed E-state index contributed by atoms with van der Waals surface area (Å²) in [5.41, 5.74) is 3.98. The Balaban J connectivity index is 1.52. The molecule has 40 heavy (non-hydrogen) atoms. The molecule has 3 aromatic heterocycles. The number of aromatic nitrogens is 5. The maximum atomic E-state index is 13.8. The second-order valence-corrected chi connectivity index (χ2v) is 9.84. The van der Waals surface area contributed by atoms with Gasteiger partial charge < -0.3 is 9.40 Å². The minimum Gasteiger partial charge on any atom is -0.468 e. The molecule has 6 aromatic rings. The van der Waals surface area contributed by atoms with Crippen molar-refractivity contribution < 1.29 is 8.81 Å². The van der Waals surface area contributed by atoms with Crippen molar-refractivity contribution in [2.75, 3.05) is 0 Å².